The van der Waals surface area contributed by atoms with Crippen LogP contribution in [0.1, 0.15) is 48.2 Å². The molecule has 2 N–H and O–H groups in total. The molecular formula is C35H32ClF3N8O3S. The molecule has 2 atom stereocenters. The summed E-state index contributed by atoms with van der Waals surface area (Å²) in [6.07, 6.45) is 3.23. The zero-order valence-corrected chi connectivity index (χ0v) is 29.1. The molecule has 8 rings (SSSR count). The largest absolute Gasteiger partial charge is 0.489 e. The molecule has 264 valence electrons. The monoisotopic (exact) mass is 736 g/mol. The van der Waals surface area contributed by atoms with E-state index in [0.717, 1.165) is 36.4 Å². The first-order valence-electron chi connectivity index (χ1n) is 16.7. The van der Waals surface area contributed by atoms with Crippen molar-refractivity contribution in [3.63, 3.8) is 0 Å². The van der Waals surface area contributed by atoms with Crippen molar-refractivity contribution in [2.24, 2.45) is 0 Å². The van der Waals surface area contributed by atoms with E-state index in [1.807, 2.05) is 11.0 Å². The Morgan fingerprint density at radius 3 is 2.88 bits per heavy atom. The highest BCUT2D eigenvalue weighted by molar-refractivity contribution is 7.23. The maximum absolute atomic E-state index is 17.2. The third-order valence-electron chi connectivity index (χ3n) is 10.1. The lowest BCUT2D eigenvalue weighted by Crippen LogP contribution is -2.43. The van der Waals surface area contributed by atoms with Gasteiger partial charge in [-0.15, -0.1) is 11.3 Å². The maximum atomic E-state index is 17.2. The van der Waals surface area contributed by atoms with Gasteiger partial charge in [0.2, 0.25) is 5.91 Å². The van der Waals surface area contributed by atoms with E-state index in [9.17, 15) is 14.4 Å². The van der Waals surface area contributed by atoms with Crippen molar-refractivity contribution in [1.82, 2.24) is 24.6 Å². The van der Waals surface area contributed by atoms with Crippen molar-refractivity contribution in [2.45, 2.75) is 50.7 Å². The number of benzene rings is 2. The smallest absolute Gasteiger partial charge is 0.319 e. The standard InChI is InChI=1S/C35H32ClF3N8O3S/c1-18-7-11-47(44-18)23(48)4-2-9-45-12-13-49-30-26-29(42-34(43-33(26)45)50-17-35-8-3-10-46(35)16-19(37)14-35)28(39)25(27(30)36)20-5-6-22(38)31-24(20)21(15-40)32(41)51-31/h5-7,11,19H,2-4,8-10,12-14,16-17,41H2,1H3/t19-,35+/m1/s1. The topological polar surface area (TPSA) is 135 Å². The number of halogens is 4. The molecule has 51 heavy (non-hydrogen) atoms. The number of carbonyl (C=O) groups excluding carboxylic acids is 1. The summed E-state index contributed by atoms with van der Waals surface area (Å²) in [5, 5.41) is 14.5. The third-order valence-corrected chi connectivity index (χ3v) is 11.5. The van der Waals surface area contributed by atoms with Crippen molar-refractivity contribution in [1.29, 1.82) is 5.26 Å². The minimum absolute atomic E-state index is 0.00773. The number of fused-ring (bicyclic) bond motifs is 2. The van der Waals surface area contributed by atoms with Gasteiger partial charge in [0, 0.05) is 43.1 Å². The molecule has 3 aliphatic rings. The molecule has 0 spiro atoms. The molecule has 3 aromatic heterocycles. The summed E-state index contributed by atoms with van der Waals surface area (Å²) in [6.45, 7) is 3.79. The molecule has 0 radical (unpaired) electrons. The Labute approximate surface area is 299 Å². The molecule has 6 heterocycles. The van der Waals surface area contributed by atoms with Crippen LogP contribution in [0.4, 0.5) is 24.0 Å². The van der Waals surface area contributed by atoms with Crippen LogP contribution < -0.4 is 20.1 Å². The van der Waals surface area contributed by atoms with Crippen LogP contribution in [0, 0.1) is 29.9 Å². The number of alkyl halides is 1. The Morgan fingerprint density at radius 2 is 2.10 bits per heavy atom. The number of nitriles is 1. The fraction of sp³-hybridized carbons (Fsp3) is 0.400. The first-order valence-corrected chi connectivity index (χ1v) is 17.9. The maximum Gasteiger partial charge on any atom is 0.319 e. The van der Waals surface area contributed by atoms with Crippen molar-refractivity contribution in [3.8, 4) is 29.0 Å². The lowest BCUT2D eigenvalue weighted by Gasteiger charge is -2.31. The predicted octanol–water partition coefficient (Wildman–Crippen LogP) is 6.68. The molecule has 2 fully saturated rings. The van der Waals surface area contributed by atoms with Gasteiger partial charge in [-0.25, -0.2) is 17.9 Å². The van der Waals surface area contributed by atoms with Crippen LogP contribution in [0.5, 0.6) is 11.8 Å². The highest BCUT2D eigenvalue weighted by atomic mass is 35.5. The van der Waals surface area contributed by atoms with Crippen molar-refractivity contribution >= 4 is 60.7 Å². The predicted molar refractivity (Wildman–Crippen MR) is 187 cm³/mol. The molecule has 0 bridgehead atoms. The van der Waals surface area contributed by atoms with E-state index in [1.165, 1.54) is 16.8 Å². The number of nitrogen functional groups attached to an aromatic ring is 1. The molecular weight excluding hydrogens is 705 g/mol. The van der Waals surface area contributed by atoms with E-state index >= 15 is 8.78 Å². The van der Waals surface area contributed by atoms with Gasteiger partial charge >= 0.3 is 6.01 Å². The van der Waals surface area contributed by atoms with Gasteiger partial charge in [0.25, 0.3) is 0 Å². The Balaban J connectivity index is 1.25. The second-order valence-corrected chi connectivity index (χ2v) is 14.7. The quantitative estimate of drug-likeness (QED) is 0.184. The van der Waals surface area contributed by atoms with E-state index in [-0.39, 0.29) is 85.0 Å². The molecule has 0 aliphatic carbocycles. The van der Waals surface area contributed by atoms with Crippen LogP contribution in [-0.4, -0.2) is 81.7 Å². The van der Waals surface area contributed by atoms with Crippen molar-refractivity contribution in [2.75, 3.05) is 50.0 Å². The lowest BCUT2D eigenvalue weighted by atomic mass is 9.95. The van der Waals surface area contributed by atoms with Gasteiger partial charge in [0.1, 0.15) is 47.6 Å². The molecule has 2 saturated heterocycles. The fourth-order valence-electron chi connectivity index (χ4n) is 7.73. The second kappa shape index (κ2) is 12.8. The fourth-order valence-corrected chi connectivity index (χ4v) is 9.01. The van der Waals surface area contributed by atoms with Crippen molar-refractivity contribution in [3.05, 3.63) is 52.3 Å². The van der Waals surface area contributed by atoms with Crippen LogP contribution in [0.3, 0.4) is 0 Å². The Bertz CT molecular complexity index is 2270. The van der Waals surface area contributed by atoms with Gasteiger partial charge in [-0.3, -0.25) is 9.69 Å². The molecule has 0 unspecified atom stereocenters. The number of thiophene rings is 1. The molecule has 11 nitrogen and oxygen atoms in total. The van der Waals surface area contributed by atoms with E-state index in [0.29, 0.717) is 38.3 Å². The highest BCUT2D eigenvalue weighted by Gasteiger charge is 2.49. The van der Waals surface area contributed by atoms with E-state index in [1.54, 1.807) is 19.2 Å². The van der Waals surface area contributed by atoms with E-state index < -0.39 is 23.3 Å². The summed E-state index contributed by atoms with van der Waals surface area (Å²) >= 11 is 7.89. The molecule has 0 saturated carbocycles. The van der Waals surface area contributed by atoms with Gasteiger partial charge in [0.15, 0.2) is 11.6 Å². The van der Waals surface area contributed by atoms with Gasteiger partial charge in [-0.05, 0) is 50.4 Å². The summed E-state index contributed by atoms with van der Waals surface area (Å²) < 4.78 is 60.6. The minimum atomic E-state index is -0.973. The number of ether oxygens (including phenoxy) is 2. The summed E-state index contributed by atoms with van der Waals surface area (Å²) in [4.78, 5) is 26.1. The number of carbonyl (C=O) groups is 1. The first-order chi connectivity index (χ1) is 24.6. The molecule has 5 aromatic rings. The molecule has 3 aliphatic heterocycles. The number of hydrogen-bond donors (Lipinski definition) is 1. The molecule has 2 aromatic carbocycles. The summed E-state index contributed by atoms with van der Waals surface area (Å²) in [6, 6.07) is 6.19. The number of nitrogens with two attached hydrogens (primary N) is 1. The van der Waals surface area contributed by atoms with Gasteiger partial charge in [-0.2, -0.15) is 20.3 Å². The SMILES string of the molecule is Cc1ccn(C(=O)CCCN2CCOc3c(Cl)c(-c4ccc(F)c5sc(N)c(C#N)c45)c(F)c4nc(OC[C@@]56CCCN5C[C@H](F)C6)nc2c34)n1. The van der Waals surface area contributed by atoms with Gasteiger partial charge in [-0.1, -0.05) is 17.7 Å². The summed E-state index contributed by atoms with van der Waals surface area (Å²) in [5.74, 6) is -1.22. The Kier molecular flexibility index (Phi) is 8.43. The van der Waals surface area contributed by atoms with Gasteiger partial charge in [0.05, 0.1) is 38.4 Å². The van der Waals surface area contributed by atoms with Crippen molar-refractivity contribution < 1.29 is 27.4 Å². The Morgan fingerprint density at radius 1 is 1.25 bits per heavy atom. The van der Waals surface area contributed by atoms with Crippen LogP contribution in [0.2, 0.25) is 5.02 Å². The number of aromatic nitrogens is 4. The number of nitrogens with zero attached hydrogens (tertiary/aromatic N) is 7. The third kappa shape index (κ3) is 5.60. The number of hydrogen-bond acceptors (Lipinski definition) is 11. The van der Waals surface area contributed by atoms with Crippen LogP contribution in [0.15, 0.2) is 24.4 Å². The van der Waals surface area contributed by atoms with E-state index in [4.69, 9.17) is 31.8 Å². The zero-order chi connectivity index (χ0) is 35.6. The number of aryl methyl sites for hydroxylation is 1. The summed E-state index contributed by atoms with van der Waals surface area (Å²) in [5.41, 5.74) is 6.17. The number of rotatable bonds is 8. The average Bonchev–Trinajstić information content (AvgIpc) is 3.84. The zero-order valence-electron chi connectivity index (χ0n) is 27.5. The van der Waals surface area contributed by atoms with Gasteiger partial charge < -0.3 is 20.1 Å². The van der Waals surface area contributed by atoms with E-state index in [2.05, 4.69) is 15.0 Å². The number of anilines is 2. The highest BCUT2D eigenvalue weighted by Crippen LogP contribution is 2.51. The summed E-state index contributed by atoms with van der Waals surface area (Å²) in [7, 11) is 0. The first kappa shape index (κ1) is 33.5. The van der Waals surface area contributed by atoms with Crippen LogP contribution >= 0.6 is 22.9 Å². The molecule has 0 amide bonds. The molecule has 16 heteroatoms. The average molecular weight is 737 g/mol. The normalized spacial score (nSPS) is 20.1. The van der Waals surface area contributed by atoms with Crippen LogP contribution in [0.25, 0.3) is 32.1 Å². The minimum Gasteiger partial charge on any atom is -0.489 e. The Hall–Kier alpha value is -4.65. The lowest BCUT2D eigenvalue weighted by molar-refractivity contribution is 0.0884. The second-order valence-electron chi connectivity index (χ2n) is 13.2. The van der Waals surface area contributed by atoms with Crippen LogP contribution in [-0.2, 0) is 0 Å².